The van der Waals surface area contributed by atoms with Gasteiger partial charge in [-0.25, -0.2) is 8.78 Å². The lowest BCUT2D eigenvalue weighted by Gasteiger charge is -2.15. The highest BCUT2D eigenvalue weighted by molar-refractivity contribution is 5.92. The van der Waals surface area contributed by atoms with Crippen molar-refractivity contribution in [2.75, 3.05) is 13.2 Å². The van der Waals surface area contributed by atoms with Crippen molar-refractivity contribution in [3.63, 3.8) is 0 Å². The number of halogens is 2. The number of aryl methyl sites for hydroxylation is 1. The summed E-state index contributed by atoms with van der Waals surface area (Å²) < 4.78 is 50.9. The van der Waals surface area contributed by atoms with Gasteiger partial charge in [0.2, 0.25) is 11.8 Å². The molecule has 4 atom stereocenters. The average Bonchev–Trinajstić information content (AvgIpc) is 3.44. The van der Waals surface area contributed by atoms with Gasteiger partial charge >= 0.3 is 0 Å². The smallest absolute Gasteiger partial charge is 0.296 e. The maximum Gasteiger partial charge on any atom is 0.296 e. The van der Waals surface area contributed by atoms with E-state index in [4.69, 9.17) is 24.7 Å². The first-order valence-corrected chi connectivity index (χ1v) is 10.2. The number of hydrogen-bond donors (Lipinski definition) is 3. The van der Waals surface area contributed by atoms with Crippen LogP contribution in [-0.4, -0.2) is 63.6 Å². The van der Waals surface area contributed by atoms with Gasteiger partial charge in [0.25, 0.3) is 6.01 Å². The third kappa shape index (κ3) is 3.96. The third-order valence-corrected chi connectivity index (χ3v) is 5.62. The van der Waals surface area contributed by atoms with Gasteiger partial charge in [0.1, 0.15) is 36.6 Å². The number of aliphatic hydroxyl groups is 1. The number of amides is 1. The number of rotatable bonds is 6. The second kappa shape index (κ2) is 8.21. The molecule has 10 nitrogen and oxygen atoms in total. The minimum atomic E-state index is -0.950. The summed E-state index contributed by atoms with van der Waals surface area (Å²) in [6, 6.07) is 3.61. The molecule has 4 N–H and O–H groups in total. The number of primary amides is 1. The number of imidazole rings is 1. The van der Waals surface area contributed by atoms with E-state index in [9.17, 15) is 18.7 Å². The van der Waals surface area contributed by atoms with E-state index in [1.54, 1.807) is 13.0 Å². The number of H-pyrrole nitrogens is 1. The second-order valence-corrected chi connectivity index (χ2v) is 7.91. The number of aliphatic hydroxyl groups excluding tert-OH is 1. The Kier molecular flexibility index (Phi) is 5.35. The summed E-state index contributed by atoms with van der Waals surface area (Å²) in [5.41, 5.74) is 5.88. The first-order valence-electron chi connectivity index (χ1n) is 10.2. The molecular formula is C21H20F2N4O6. The van der Waals surface area contributed by atoms with Crippen molar-refractivity contribution in [3.8, 4) is 11.9 Å². The standard InChI is InChI=1S/C21H20F2N4O6/c1-8-2-13-19(27-21(25-13)33-15-7-31-16-14(28)6-30-17(15)16)26-20(8)32-5-10-11(22)3-9(18(24)29)4-12(10)23/h2-4,14-17,28H,5-7H2,1H3,(H2,24,29)(H,25,26,27)/t14-,15-,16?,17-/m1/s1. The Morgan fingerprint density at radius 1 is 1.21 bits per heavy atom. The molecule has 4 heterocycles. The zero-order valence-corrected chi connectivity index (χ0v) is 17.4. The average molecular weight is 462 g/mol. The fraction of sp³-hybridized carbons (Fsp3) is 0.381. The first-order chi connectivity index (χ1) is 15.8. The summed E-state index contributed by atoms with van der Waals surface area (Å²) in [5, 5.41) is 9.84. The van der Waals surface area contributed by atoms with Crippen molar-refractivity contribution in [1.29, 1.82) is 0 Å². The van der Waals surface area contributed by atoms with Crippen LogP contribution in [0.4, 0.5) is 8.78 Å². The molecule has 0 radical (unpaired) electrons. The number of nitrogens with one attached hydrogen (secondary N) is 1. The van der Waals surface area contributed by atoms with Crippen LogP contribution in [0.15, 0.2) is 18.2 Å². The number of pyridine rings is 1. The minimum Gasteiger partial charge on any atom is -0.472 e. The maximum absolute atomic E-state index is 14.2. The Morgan fingerprint density at radius 2 is 1.94 bits per heavy atom. The Morgan fingerprint density at radius 3 is 2.67 bits per heavy atom. The summed E-state index contributed by atoms with van der Waals surface area (Å²) in [7, 11) is 0. The molecule has 0 aliphatic carbocycles. The number of benzene rings is 1. The monoisotopic (exact) mass is 462 g/mol. The van der Waals surface area contributed by atoms with Crippen molar-refractivity contribution in [3.05, 3.63) is 46.5 Å². The molecule has 0 spiro atoms. The van der Waals surface area contributed by atoms with E-state index < -0.39 is 48.6 Å². The molecule has 2 aliphatic rings. The van der Waals surface area contributed by atoms with Gasteiger partial charge in [0, 0.05) is 11.1 Å². The first kappa shape index (κ1) is 21.5. The van der Waals surface area contributed by atoms with E-state index in [2.05, 4.69) is 15.0 Å². The molecular weight excluding hydrogens is 442 g/mol. The van der Waals surface area contributed by atoms with Crippen LogP contribution in [0, 0.1) is 18.6 Å². The molecule has 0 saturated carbocycles. The van der Waals surface area contributed by atoms with Gasteiger partial charge in [-0.3, -0.25) is 4.79 Å². The van der Waals surface area contributed by atoms with Crippen molar-refractivity contribution < 1.29 is 37.6 Å². The van der Waals surface area contributed by atoms with E-state index in [1.165, 1.54) is 0 Å². The lowest BCUT2D eigenvalue weighted by molar-refractivity contribution is 0.00706. The highest BCUT2D eigenvalue weighted by atomic mass is 19.1. The molecule has 5 rings (SSSR count). The van der Waals surface area contributed by atoms with Crippen LogP contribution in [0.1, 0.15) is 21.5 Å². The van der Waals surface area contributed by atoms with Gasteiger partial charge in [-0.15, -0.1) is 0 Å². The van der Waals surface area contributed by atoms with Crippen LogP contribution in [0.25, 0.3) is 11.2 Å². The molecule has 1 unspecified atom stereocenters. The fourth-order valence-corrected chi connectivity index (χ4v) is 3.92. The number of nitrogens with zero attached hydrogens (tertiary/aromatic N) is 2. The molecule has 174 valence electrons. The number of ether oxygens (including phenoxy) is 4. The normalized spacial score (nSPS) is 24.2. The van der Waals surface area contributed by atoms with Crippen LogP contribution in [-0.2, 0) is 16.1 Å². The number of aromatic amines is 1. The number of fused-ring (bicyclic) bond motifs is 2. The highest BCUT2D eigenvalue weighted by Crippen LogP contribution is 2.30. The quantitative estimate of drug-likeness (QED) is 0.495. The SMILES string of the molecule is Cc1cc2[nH]c(O[C@@H]3COC4[C@H](O)CO[C@@H]43)nc2nc1OCc1c(F)cc(C(N)=O)cc1F. The molecule has 12 heteroatoms. The Bertz CT molecular complexity index is 1210. The third-order valence-electron chi connectivity index (χ3n) is 5.62. The number of carbonyl (C=O) groups is 1. The minimum absolute atomic E-state index is 0.129. The van der Waals surface area contributed by atoms with E-state index in [1.807, 2.05) is 0 Å². The van der Waals surface area contributed by atoms with Gasteiger partial charge in [-0.1, -0.05) is 0 Å². The summed E-state index contributed by atoms with van der Waals surface area (Å²) in [6.07, 6.45) is -1.96. The molecule has 1 amide bonds. The van der Waals surface area contributed by atoms with Gasteiger partial charge in [-0.2, -0.15) is 9.97 Å². The predicted molar refractivity (Wildman–Crippen MR) is 108 cm³/mol. The van der Waals surface area contributed by atoms with Crippen molar-refractivity contribution in [2.45, 2.75) is 37.9 Å². The van der Waals surface area contributed by atoms with Gasteiger partial charge in [0.15, 0.2) is 11.8 Å². The van der Waals surface area contributed by atoms with E-state index in [0.29, 0.717) is 11.1 Å². The van der Waals surface area contributed by atoms with Crippen molar-refractivity contribution in [1.82, 2.24) is 15.0 Å². The predicted octanol–water partition coefficient (Wildman–Crippen LogP) is 1.13. The van der Waals surface area contributed by atoms with Crippen LogP contribution in [0.3, 0.4) is 0 Å². The van der Waals surface area contributed by atoms with Gasteiger partial charge in [-0.05, 0) is 25.1 Å². The van der Waals surface area contributed by atoms with Crippen LogP contribution in [0.5, 0.6) is 11.9 Å². The number of nitrogens with two attached hydrogens (primary N) is 1. The molecule has 0 bridgehead atoms. The van der Waals surface area contributed by atoms with E-state index in [0.717, 1.165) is 12.1 Å². The topological polar surface area (TPSA) is 142 Å². The van der Waals surface area contributed by atoms with E-state index in [-0.39, 0.29) is 41.9 Å². The van der Waals surface area contributed by atoms with Crippen LogP contribution >= 0.6 is 0 Å². The van der Waals surface area contributed by atoms with Crippen molar-refractivity contribution >= 4 is 17.1 Å². The Balaban J connectivity index is 1.32. The Hall–Kier alpha value is -3.35. The lowest BCUT2D eigenvalue weighted by Crippen LogP contribution is -2.34. The van der Waals surface area contributed by atoms with E-state index >= 15 is 0 Å². The summed E-state index contributed by atoms with van der Waals surface area (Å²) in [6.45, 7) is 1.69. The van der Waals surface area contributed by atoms with Crippen molar-refractivity contribution in [2.24, 2.45) is 5.73 Å². The number of carbonyl (C=O) groups excluding carboxylic acids is 1. The summed E-state index contributed by atoms with van der Waals surface area (Å²) >= 11 is 0. The second-order valence-electron chi connectivity index (χ2n) is 7.91. The molecule has 2 aromatic heterocycles. The number of aromatic nitrogens is 3. The lowest BCUT2D eigenvalue weighted by atomic mass is 10.1. The molecule has 2 saturated heterocycles. The van der Waals surface area contributed by atoms with Crippen LogP contribution < -0.4 is 15.2 Å². The molecule has 33 heavy (non-hydrogen) atoms. The zero-order valence-electron chi connectivity index (χ0n) is 17.4. The molecule has 2 fully saturated rings. The summed E-state index contributed by atoms with van der Waals surface area (Å²) in [5.74, 6) is -2.70. The Labute approximate surface area is 185 Å². The van der Waals surface area contributed by atoms with Gasteiger partial charge < -0.3 is 34.8 Å². The molecule has 3 aromatic rings. The van der Waals surface area contributed by atoms with Crippen LogP contribution in [0.2, 0.25) is 0 Å². The fourth-order valence-electron chi connectivity index (χ4n) is 3.92. The van der Waals surface area contributed by atoms with Gasteiger partial charge in [0.05, 0.1) is 24.3 Å². The molecule has 2 aliphatic heterocycles. The largest absolute Gasteiger partial charge is 0.472 e. The number of hydrogen-bond acceptors (Lipinski definition) is 8. The summed E-state index contributed by atoms with van der Waals surface area (Å²) in [4.78, 5) is 22.7. The molecule has 1 aromatic carbocycles. The zero-order chi connectivity index (χ0) is 23.3. The highest BCUT2D eigenvalue weighted by Gasteiger charge is 2.48. The maximum atomic E-state index is 14.2.